The number of benzene rings is 6. The zero-order chi connectivity index (χ0) is 32.4. The molecule has 0 atom stereocenters. The Kier molecular flexibility index (Phi) is 7.04. The lowest BCUT2D eigenvalue weighted by Gasteiger charge is -2.45. The molecular weight excluding hydrogens is 579 g/mol. The van der Waals surface area contributed by atoms with Crippen molar-refractivity contribution in [2.45, 2.75) is 58.8 Å². The zero-order valence-corrected chi connectivity index (χ0v) is 28.2. The van der Waals surface area contributed by atoms with Crippen molar-refractivity contribution in [2.75, 3.05) is 9.80 Å². The Morgan fingerprint density at radius 2 is 1.04 bits per heavy atom. The molecule has 1 saturated carbocycles. The molecule has 0 unspecified atom stereocenters. The van der Waals surface area contributed by atoms with E-state index in [1.807, 2.05) is 0 Å². The van der Waals surface area contributed by atoms with Gasteiger partial charge in [-0.05, 0) is 126 Å². The molecule has 0 N–H and O–H groups in total. The van der Waals surface area contributed by atoms with Gasteiger partial charge in [-0.1, -0.05) is 110 Å². The van der Waals surface area contributed by atoms with Crippen molar-refractivity contribution >= 4 is 57.2 Å². The standard InChI is InChI=1S/C45H41BN2/c1-30-26-43-45-44(27-30)48(40-21-13-11-15-32(40)3)42-25-23-36(34-18-8-5-9-19-34)29-38(42)46(45)37-28-35(33-16-6-4-7-17-33)22-24-41(37)47(43)39-20-12-10-14-31(39)2/h4,6-7,10-17,20-29,34H,5,8-9,18-19H2,1-3H3. The van der Waals surface area contributed by atoms with Crippen molar-refractivity contribution in [3.8, 4) is 11.1 Å². The minimum Gasteiger partial charge on any atom is -0.311 e. The second-order valence-corrected chi connectivity index (χ2v) is 14.2. The Bertz CT molecular complexity index is 2160. The van der Waals surface area contributed by atoms with Crippen LogP contribution in [-0.4, -0.2) is 6.71 Å². The van der Waals surface area contributed by atoms with Crippen molar-refractivity contribution in [3.63, 3.8) is 0 Å². The maximum absolute atomic E-state index is 2.61. The molecule has 0 radical (unpaired) electrons. The monoisotopic (exact) mass is 620 g/mol. The largest absolute Gasteiger partial charge is 0.311 e. The van der Waals surface area contributed by atoms with Gasteiger partial charge in [0, 0.05) is 34.1 Å². The van der Waals surface area contributed by atoms with Crippen molar-refractivity contribution < 1.29 is 0 Å². The van der Waals surface area contributed by atoms with E-state index >= 15 is 0 Å². The number of rotatable bonds is 4. The van der Waals surface area contributed by atoms with Crippen LogP contribution in [-0.2, 0) is 0 Å². The molecule has 6 aromatic carbocycles. The van der Waals surface area contributed by atoms with E-state index in [1.165, 1.54) is 116 Å². The van der Waals surface area contributed by atoms with Gasteiger partial charge in [0.2, 0.25) is 0 Å². The molecule has 0 aromatic heterocycles. The maximum atomic E-state index is 2.61. The van der Waals surface area contributed by atoms with Gasteiger partial charge in [-0.25, -0.2) is 0 Å². The van der Waals surface area contributed by atoms with Crippen LogP contribution in [0.15, 0.2) is 127 Å². The van der Waals surface area contributed by atoms with E-state index in [-0.39, 0.29) is 6.71 Å². The number of hydrogen-bond donors (Lipinski definition) is 0. The second kappa shape index (κ2) is 11.6. The summed E-state index contributed by atoms with van der Waals surface area (Å²) in [6.07, 6.45) is 6.62. The van der Waals surface area contributed by atoms with Crippen LogP contribution in [0.3, 0.4) is 0 Å². The molecule has 0 spiro atoms. The van der Waals surface area contributed by atoms with E-state index in [2.05, 4.69) is 158 Å². The summed E-state index contributed by atoms with van der Waals surface area (Å²) in [4.78, 5) is 5.12. The van der Waals surface area contributed by atoms with E-state index in [0.29, 0.717) is 5.92 Å². The van der Waals surface area contributed by atoms with Gasteiger partial charge in [-0.3, -0.25) is 0 Å². The van der Waals surface area contributed by atoms with Crippen LogP contribution in [0, 0.1) is 20.8 Å². The van der Waals surface area contributed by atoms with Gasteiger partial charge in [0.1, 0.15) is 0 Å². The van der Waals surface area contributed by atoms with Crippen LogP contribution in [0.1, 0.15) is 60.3 Å². The minimum atomic E-state index is 0.119. The Morgan fingerprint density at radius 1 is 0.479 bits per heavy atom. The van der Waals surface area contributed by atoms with Crippen LogP contribution >= 0.6 is 0 Å². The van der Waals surface area contributed by atoms with Crippen LogP contribution in [0.2, 0.25) is 0 Å². The quantitative estimate of drug-likeness (QED) is 0.181. The highest BCUT2D eigenvalue weighted by molar-refractivity contribution is 7.00. The highest BCUT2D eigenvalue weighted by Crippen LogP contribution is 2.46. The van der Waals surface area contributed by atoms with Crippen molar-refractivity contribution in [1.82, 2.24) is 0 Å². The zero-order valence-electron chi connectivity index (χ0n) is 28.2. The van der Waals surface area contributed by atoms with Gasteiger partial charge < -0.3 is 9.80 Å². The summed E-state index contributed by atoms with van der Waals surface area (Å²) < 4.78 is 0. The number of nitrogens with zero attached hydrogens (tertiary/aromatic N) is 2. The highest BCUT2D eigenvalue weighted by atomic mass is 15.2. The summed E-state index contributed by atoms with van der Waals surface area (Å²) >= 11 is 0. The second-order valence-electron chi connectivity index (χ2n) is 14.2. The molecule has 0 bridgehead atoms. The number of anilines is 6. The summed E-state index contributed by atoms with van der Waals surface area (Å²) in [6.45, 7) is 6.87. The first kappa shape index (κ1) is 29.1. The topological polar surface area (TPSA) is 6.48 Å². The highest BCUT2D eigenvalue weighted by Gasteiger charge is 2.44. The molecule has 2 heterocycles. The Morgan fingerprint density at radius 3 is 1.67 bits per heavy atom. The lowest BCUT2D eigenvalue weighted by atomic mass is 9.33. The summed E-state index contributed by atoms with van der Waals surface area (Å²) in [5.74, 6) is 0.636. The molecule has 234 valence electrons. The van der Waals surface area contributed by atoms with Crippen LogP contribution in [0.5, 0.6) is 0 Å². The molecule has 9 rings (SSSR count). The first-order valence-electron chi connectivity index (χ1n) is 17.8. The van der Waals surface area contributed by atoms with Gasteiger partial charge >= 0.3 is 0 Å². The van der Waals surface area contributed by atoms with Gasteiger partial charge in [-0.2, -0.15) is 0 Å². The lowest BCUT2D eigenvalue weighted by molar-refractivity contribution is 0.444. The number of fused-ring (bicyclic) bond motifs is 4. The molecule has 0 saturated heterocycles. The van der Waals surface area contributed by atoms with E-state index in [9.17, 15) is 0 Å². The Balaban J connectivity index is 1.38. The molecule has 2 nitrogen and oxygen atoms in total. The van der Waals surface area contributed by atoms with Crippen molar-refractivity contribution in [3.05, 3.63) is 150 Å². The molecule has 3 aliphatic rings. The lowest BCUT2D eigenvalue weighted by Crippen LogP contribution is -2.61. The van der Waals surface area contributed by atoms with Crippen molar-refractivity contribution in [1.29, 1.82) is 0 Å². The van der Waals surface area contributed by atoms with Crippen LogP contribution in [0.4, 0.5) is 34.1 Å². The van der Waals surface area contributed by atoms with Crippen LogP contribution < -0.4 is 26.2 Å². The third-order valence-corrected chi connectivity index (χ3v) is 11.1. The first-order chi connectivity index (χ1) is 23.6. The van der Waals surface area contributed by atoms with Crippen LogP contribution in [0.25, 0.3) is 11.1 Å². The molecule has 0 amide bonds. The fourth-order valence-corrected chi connectivity index (χ4v) is 8.81. The van der Waals surface area contributed by atoms with E-state index in [4.69, 9.17) is 0 Å². The first-order valence-corrected chi connectivity index (χ1v) is 17.8. The van der Waals surface area contributed by atoms with Crippen molar-refractivity contribution in [2.24, 2.45) is 0 Å². The van der Waals surface area contributed by atoms with E-state index < -0.39 is 0 Å². The summed E-state index contributed by atoms with van der Waals surface area (Å²) in [7, 11) is 0. The molecule has 1 fully saturated rings. The number of hydrogen-bond acceptors (Lipinski definition) is 2. The Hall–Kier alpha value is -5.02. The molecule has 1 aliphatic carbocycles. The van der Waals surface area contributed by atoms with Gasteiger partial charge in [0.25, 0.3) is 6.71 Å². The fraction of sp³-hybridized carbons (Fsp3) is 0.200. The van der Waals surface area contributed by atoms with E-state index in [1.54, 1.807) is 0 Å². The third kappa shape index (κ3) is 4.63. The molecule has 2 aliphatic heterocycles. The fourth-order valence-electron chi connectivity index (χ4n) is 8.81. The smallest absolute Gasteiger partial charge is 0.252 e. The average Bonchev–Trinajstić information content (AvgIpc) is 3.13. The summed E-state index contributed by atoms with van der Waals surface area (Å²) in [5, 5.41) is 0. The SMILES string of the molecule is Cc1cc2c3c(c1)N(c1ccccc1C)c1ccc(C4CCCCC4)cc1B3c1cc(-c3ccccc3)ccc1N2c1ccccc1C. The summed E-state index contributed by atoms with van der Waals surface area (Å²) in [5.41, 5.74) is 19.7. The summed E-state index contributed by atoms with van der Waals surface area (Å²) in [6, 6.07) is 48.2. The Labute approximate surface area is 285 Å². The molecule has 48 heavy (non-hydrogen) atoms. The number of aryl methyl sites for hydroxylation is 3. The maximum Gasteiger partial charge on any atom is 0.252 e. The predicted molar refractivity (Wildman–Crippen MR) is 206 cm³/mol. The molecule has 3 heteroatoms. The average molecular weight is 621 g/mol. The molecular formula is C45H41BN2. The van der Waals surface area contributed by atoms with Gasteiger partial charge in [0.05, 0.1) is 0 Å². The number of para-hydroxylation sites is 2. The normalized spacial score (nSPS) is 15.2. The van der Waals surface area contributed by atoms with Gasteiger partial charge in [-0.15, -0.1) is 0 Å². The predicted octanol–water partition coefficient (Wildman–Crippen LogP) is 10.4. The minimum absolute atomic E-state index is 0.119. The van der Waals surface area contributed by atoms with E-state index in [0.717, 1.165) is 0 Å². The molecule has 6 aromatic rings. The third-order valence-electron chi connectivity index (χ3n) is 11.1. The van der Waals surface area contributed by atoms with Gasteiger partial charge in [0.15, 0.2) is 0 Å².